The fraction of sp³-hybridized carbons (Fsp3) is 0.917. The van der Waals surface area contributed by atoms with E-state index in [1.165, 1.54) is 12.8 Å². The van der Waals surface area contributed by atoms with Crippen LogP contribution in [0.5, 0.6) is 0 Å². The highest BCUT2D eigenvalue weighted by molar-refractivity contribution is 7.88. The first-order valence-electron chi connectivity index (χ1n) is 6.76. The van der Waals surface area contributed by atoms with E-state index in [0.717, 1.165) is 19.1 Å². The van der Waals surface area contributed by atoms with Crippen molar-refractivity contribution in [2.75, 3.05) is 13.3 Å². The third-order valence-electron chi connectivity index (χ3n) is 4.10. The van der Waals surface area contributed by atoms with Gasteiger partial charge in [0.25, 0.3) is 0 Å². The van der Waals surface area contributed by atoms with Gasteiger partial charge in [0.1, 0.15) is 0 Å². The first kappa shape index (κ1) is 17.7. The van der Waals surface area contributed by atoms with Crippen LogP contribution in [0, 0.1) is 0 Å². The quantitative estimate of drug-likeness (QED) is 0.767. The van der Waals surface area contributed by atoms with Crippen LogP contribution >= 0.6 is 12.4 Å². The number of likely N-dealkylation sites (N-methyl/N-ethyl adjacent to an activating group) is 1. The van der Waals surface area contributed by atoms with E-state index in [2.05, 4.69) is 10.0 Å². The molecule has 2 aliphatic heterocycles. The van der Waals surface area contributed by atoms with Gasteiger partial charge in [-0.1, -0.05) is 0 Å². The van der Waals surface area contributed by atoms with Crippen LogP contribution in [-0.4, -0.2) is 56.7 Å². The third kappa shape index (κ3) is 4.31. The summed E-state index contributed by atoms with van der Waals surface area (Å²) < 4.78 is 24.7. The van der Waals surface area contributed by atoms with Gasteiger partial charge in [0.05, 0.1) is 12.3 Å². The lowest BCUT2D eigenvalue weighted by Gasteiger charge is -2.36. The molecule has 2 bridgehead atoms. The number of carbonyl (C=O) groups is 1. The molecule has 2 fully saturated rings. The van der Waals surface area contributed by atoms with E-state index in [-0.39, 0.29) is 24.4 Å². The SMILES string of the molecule is CC(NS(C)(=O)=O)C(=O)N(C)C1CC2CCC(C1)N2.Cl. The Morgan fingerprint density at radius 3 is 2.25 bits per heavy atom. The normalized spacial score (nSPS) is 30.4. The first-order valence-corrected chi connectivity index (χ1v) is 8.65. The Kier molecular flexibility index (Phi) is 5.83. The Morgan fingerprint density at radius 2 is 1.80 bits per heavy atom. The lowest BCUT2D eigenvalue weighted by molar-refractivity contribution is -0.134. The zero-order valence-electron chi connectivity index (χ0n) is 12.1. The summed E-state index contributed by atoms with van der Waals surface area (Å²) in [6, 6.07) is 0.539. The van der Waals surface area contributed by atoms with Crippen LogP contribution in [0.15, 0.2) is 0 Å². The zero-order chi connectivity index (χ0) is 14.2. The Hall–Kier alpha value is -0.370. The molecule has 0 spiro atoms. The number of hydrogen-bond donors (Lipinski definition) is 2. The molecule has 3 atom stereocenters. The molecule has 2 aliphatic rings. The molecule has 6 nitrogen and oxygen atoms in total. The topological polar surface area (TPSA) is 78.5 Å². The van der Waals surface area contributed by atoms with Crippen LogP contribution in [0.1, 0.15) is 32.6 Å². The summed E-state index contributed by atoms with van der Waals surface area (Å²) in [4.78, 5) is 13.9. The largest absolute Gasteiger partial charge is 0.341 e. The smallest absolute Gasteiger partial charge is 0.240 e. The zero-order valence-corrected chi connectivity index (χ0v) is 13.8. The molecule has 2 rings (SSSR count). The highest BCUT2D eigenvalue weighted by atomic mass is 35.5. The molecule has 1 amide bonds. The number of carbonyl (C=O) groups excluding carboxylic acids is 1. The highest BCUT2D eigenvalue weighted by Gasteiger charge is 2.37. The number of halogens is 1. The van der Waals surface area contributed by atoms with E-state index in [1.807, 2.05) is 0 Å². The van der Waals surface area contributed by atoms with Crippen LogP contribution in [0.2, 0.25) is 0 Å². The van der Waals surface area contributed by atoms with Crippen molar-refractivity contribution in [3.05, 3.63) is 0 Å². The molecule has 0 radical (unpaired) electrons. The van der Waals surface area contributed by atoms with Gasteiger partial charge < -0.3 is 10.2 Å². The number of fused-ring (bicyclic) bond motifs is 2. The fourth-order valence-electron chi connectivity index (χ4n) is 3.20. The minimum absolute atomic E-state index is 0. The molecule has 0 aromatic rings. The van der Waals surface area contributed by atoms with Crippen LogP contribution in [0.25, 0.3) is 0 Å². The summed E-state index contributed by atoms with van der Waals surface area (Å²) in [5, 5.41) is 3.53. The molecular formula is C12H24ClN3O3S. The first-order chi connectivity index (χ1) is 8.76. The van der Waals surface area contributed by atoms with E-state index in [9.17, 15) is 13.2 Å². The van der Waals surface area contributed by atoms with E-state index in [1.54, 1.807) is 18.9 Å². The van der Waals surface area contributed by atoms with E-state index in [4.69, 9.17) is 0 Å². The maximum absolute atomic E-state index is 12.2. The molecular weight excluding hydrogens is 302 g/mol. The van der Waals surface area contributed by atoms with Crippen LogP contribution in [0.3, 0.4) is 0 Å². The minimum atomic E-state index is -3.35. The van der Waals surface area contributed by atoms with E-state index in [0.29, 0.717) is 12.1 Å². The van der Waals surface area contributed by atoms with E-state index >= 15 is 0 Å². The van der Waals surface area contributed by atoms with Gasteiger partial charge in [0.2, 0.25) is 15.9 Å². The number of nitrogens with zero attached hydrogens (tertiary/aromatic N) is 1. The molecule has 0 aromatic heterocycles. The second-order valence-corrected chi connectivity index (χ2v) is 7.60. The lowest BCUT2D eigenvalue weighted by atomic mass is 9.98. The summed E-state index contributed by atoms with van der Waals surface area (Å²) in [5.41, 5.74) is 0. The number of rotatable bonds is 4. The minimum Gasteiger partial charge on any atom is -0.341 e. The predicted molar refractivity (Wildman–Crippen MR) is 80.4 cm³/mol. The predicted octanol–water partition coefficient (Wildman–Crippen LogP) is 0.0873. The Balaban J connectivity index is 0.00000200. The molecule has 0 saturated carbocycles. The number of nitrogens with one attached hydrogen (secondary N) is 2. The van der Waals surface area contributed by atoms with Gasteiger partial charge >= 0.3 is 0 Å². The van der Waals surface area contributed by atoms with Gasteiger partial charge in [0, 0.05) is 25.2 Å². The summed E-state index contributed by atoms with van der Waals surface area (Å²) in [7, 11) is -1.58. The monoisotopic (exact) mass is 325 g/mol. The Morgan fingerprint density at radius 1 is 1.30 bits per heavy atom. The molecule has 118 valence electrons. The Labute approximate surface area is 127 Å². The van der Waals surface area contributed by atoms with Crippen molar-refractivity contribution in [1.29, 1.82) is 0 Å². The molecule has 0 aliphatic carbocycles. The van der Waals surface area contributed by atoms with Crippen molar-refractivity contribution in [2.45, 2.75) is 56.8 Å². The van der Waals surface area contributed by atoms with Gasteiger partial charge in [-0.3, -0.25) is 4.79 Å². The summed E-state index contributed by atoms with van der Waals surface area (Å²) in [6.45, 7) is 1.59. The number of amides is 1. The van der Waals surface area contributed by atoms with Gasteiger partial charge in [-0.2, -0.15) is 0 Å². The molecule has 20 heavy (non-hydrogen) atoms. The summed E-state index contributed by atoms with van der Waals surface area (Å²) >= 11 is 0. The highest BCUT2D eigenvalue weighted by Crippen LogP contribution is 2.29. The van der Waals surface area contributed by atoms with Crippen LogP contribution < -0.4 is 10.0 Å². The van der Waals surface area contributed by atoms with Crippen molar-refractivity contribution in [1.82, 2.24) is 14.9 Å². The average molecular weight is 326 g/mol. The second-order valence-electron chi connectivity index (χ2n) is 5.82. The standard InChI is InChI=1S/C12H23N3O3S.ClH/c1-8(14-19(3,17)18)12(16)15(2)11-6-9-4-5-10(7-11)13-9;/h8-11,13-14H,4-7H2,1-3H3;1H. The fourth-order valence-corrected chi connectivity index (χ4v) is 3.94. The molecule has 3 unspecified atom stereocenters. The average Bonchev–Trinajstić information content (AvgIpc) is 2.64. The lowest BCUT2D eigenvalue weighted by Crippen LogP contribution is -2.53. The third-order valence-corrected chi connectivity index (χ3v) is 4.89. The van der Waals surface area contributed by atoms with Gasteiger partial charge in [-0.25, -0.2) is 13.1 Å². The van der Waals surface area contributed by atoms with Gasteiger partial charge in [0.15, 0.2) is 0 Å². The number of hydrogen-bond acceptors (Lipinski definition) is 4. The van der Waals surface area contributed by atoms with Crippen molar-refractivity contribution < 1.29 is 13.2 Å². The molecule has 2 saturated heterocycles. The van der Waals surface area contributed by atoms with Gasteiger partial charge in [-0.05, 0) is 32.6 Å². The van der Waals surface area contributed by atoms with E-state index < -0.39 is 16.1 Å². The van der Waals surface area contributed by atoms with Gasteiger partial charge in [-0.15, -0.1) is 12.4 Å². The van der Waals surface area contributed by atoms with Crippen molar-refractivity contribution in [3.8, 4) is 0 Å². The molecule has 2 N–H and O–H groups in total. The molecule has 0 aromatic carbocycles. The van der Waals surface area contributed by atoms with Crippen LogP contribution in [0.4, 0.5) is 0 Å². The van der Waals surface area contributed by atoms with Crippen molar-refractivity contribution in [2.24, 2.45) is 0 Å². The maximum Gasteiger partial charge on any atom is 0.240 e. The molecule has 2 heterocycles. The summed E-state index contributed by atoms with van der Waals surface area (Å²) in [5.74, 6) is -0.156. The van der Waals surface area contributed by atoms with Crippen molar-refractivity contribution >= 4 is 28.3 Å². The second kappa shape index (κ2) is 6.60. The molecule has 8 heteroatoms. The number of piperidine rings is 1. The van der Waals surface area contributed by atoms with Crippen molar-refractivity contribution in [3.63, 3.8) is 0 Å². The van der Waals surface area contributed by atoms with Crippen LogP contribution in [-0.2, 0) is 14.8 Å². The number of sulfonamides is 1. The maximum atomic E-state index is 12.2. The Bertz CT molecular complexity index is 445. The summed E-state index contributed by atoms with van der Waals surface area (Å²) in [6.07, 6.45) is 5.36.